The van der Waals surface area contributed by atoms with Crippen molar-refractivity contribution < 1.29 is 18.3 Å². The average molecular weight is 304 g/mol. The number of halogens is 3. The van der Waals surface area contributed by atoms with Gasteiger partial charge < -0.3 is 15.7 Å². The molecule has 0 radical (unpaired) electrons. The van der Waals surface area contributed by atoms with Crippen molar-refractivity contribution in [3.05, 3.63) is 23.4 Å². The van der Waals surface area contributed by atoms with Crippen LogP contribution in [0.15, 0.2) is 12.1 Å². The molecule has 1 aromatic rings. The van der Waals surface area contributed by atoms with Crippen molar-refractivity contribution in [2.24, 2.45) is 5.73 Å². The van der Waals surface area contributed by atoms with E-state index in [0.717, 1.165) is 25.0 Å². The Morgan fingerprint density at radius 2 is 2.05 bits per heavy atom. The zero-order chi connectivity index (χ0) is 16.0. The third kappa shape index (κ3) is 4.59. The highest BCUT2D eigenvalue weighted by Crippen LogP contribution is 2.30. The second kappa shape index (κ2) is 7.26. The third-order valence-corrected chi connectivity index (χ3v) is 2.91. The van der Waals surface area contributed by atoms with E-state index in [4.69, 9.17) is 16.2 Å². The fourth-order valence-electron chi connectivity index (χ4n) is 1.85. The van der Waals surface area contributed by atoms with Crippen LogP contribution < -0.4 is 10.6 Å². The maximum absolute atomic E-state index is 12.8. The number of hydrogen-bond donors (Lipinski definition) is 3. The number of hydrogen-bond acceptors (Lipinski definition) is 4. The molecule has 118 valence electrons. The van der Waals surface area contributed by atoms with Crippen LogP contribution >= 0.6 is 0 Å². The lowest BCUT2D eigenvalue weighted by molar-refractivity contribution is -0.141. The lowest BCUT2D eigenvalue weighted by Crippen LogP contribution is -2.32. The topological polar surface area (TPSA) is 86.2 Å². The number of nitrogens with one attached hydrogen (secondary N) is 1. The van der Waals surface area contributed by atoms with Gasteiger partial charge in [-0.25, -0.2) is 4.98 Å². The molecule has 0 fully saturated rings. The van der Waals surface area contributed by atoms with E-state index in [9.17, 15) is 13.2 Å². The molecule has 1 aromatic heterocycles. The zero-order valence-electron chi connectivity index (χ0n) is 11.7. The van der Waals surface area contributed by atoms with Crippen molar-refractivity contribution in [2.45, 2.75) is 25.9 Å². The fourth-order valence-corrected chi connectivity index (χ4v) is 1.85. The predicted molar refractivity (Wildman–Crippen MR) is 74.5 cm³/mol. The number of nitrogens with two attached hydrogens (primary N) is 1. The summed E-state index contributed by atoms with van der Waals surface area (Å²) in [4.78, 5) is 5.13. The maximum Gasteiger partial charge on any atom is 0.433 e. The number of aliphatic hydroxyl groups is 1. The molecule has 21 heavy (non-hydrogen) atoms. The largest absolute Gasteiger partial charge is 0.433 e. The number of nitrogen functional groups attached to an aromatic ring is 1. The number of unbranched alkanes of at least 4 members (excludes halogenated alkanes) is 1. The number of rotatable bonds is 7. The molecule has 0 bridgehead atoms. The van der Waals surface area contributed by atoms with Crippen molar-refractivity contribution in [3.63, 3.8) is 0 Å². The monoisotopic (exact) mass is 304 g/mol. The molecule has 0 saturated carbocycles. The second-order valence-corrected chi connectivity index (χ2v) is 4.54. The van der Waals surface area contributed by atoms with Gasteiger partial charge in [0, 0.05) is 13.1 Å². The molecular formula is C13H19F3N4O. The lowest BCUT2D eigenvalue weighted by Gasteiger charge is -2.25. The van der Waals surface area contributed by atoms with Crippen LogP contribution in [0.5, 0.6) is 0 Å². The molecule has 0 atom stereocenters. The summed E-state index contributed by atoms with van der Waals surface area (Å²) in [5.74, 6) is -0.370. The minimum atomic E-state index is -4.57. The number of amidine groups is 1. The Kier molecular flexibility index (Phi) is 5.95. The number of aromatic nitrogens is 1. The van der Waals surface area contributed by atoms with E-state index in [1.54, 1.807) is 0 Å². The number of pyridine rings is 1. The molecule has 4 N–H and O–H groups in total. The molecule has 1 rings (SSSR count). The molecule has 0 unspecified atom stereocenters. The summed E-state index contributed by atoms with van der Waals surface area (Å²) in [6.07, 6.45) is -2.99. The molecule has 1 heterocycles. The van der Waals surface area contributed by atoms with Crippen molar-refractivity contribution >= 4 is 11.7 Å². The summed E-state index contributed by atoms with van der Waals surface area (Å²) in [6.45, 7) is 2.29. The van der Waals surface area contributed by atoms with Crippen LogP contribution in [0.4, 0.5) is 19.0 Å². The normalized spacial score (nSPS) is 11.5. The SMILES string of the molecule is CCCCN(CCO)c1nc(C(F)(F)F)ccc1C(=N)N. The summed E-state index contributed by atoms with van der Waals surface area (Å²) in [6, 6.07) is 1.95. The second-order valence-electron chi connectivity index (χ2n) is 4.54. The van der Waals surface area contributed by atoms with Gasteiger partial charge in [0.25, 0.3) is 0 Å². The van der Waals surface area contributed by atoms with Crippen molar-refractivity contribution in [1.82, 2.24) is 4.98 Å². The van der Waals surface area contributed by atoms with Crippen LogP contribution in [0, 0.1) is 5.41 Å². The minimum absolute atomic E-state index is 0.0141. The van der Waals surface area contributed by atoms with E-state index in [-0.39, 0.29) is 30.4 Å². The van der Waals surface area contributed by atoms with Gasteiger partial charge in [0.15, 0.2) is 0 Å². The smallest absolute Gasteiger partial charge is 0.395 e. The van der Waals surface area contributed by atoms with E-state index in [0.29, 0.717) is 6.54 Å². The molecule has 0 aromatic carbocycles. The molecule has 0 saturated heterocycles. The predicted octanol–water partition coefficient (Wildman–Crippen LogP) is 1.98. The van der Waals surface area contributed by atoms with Crippen molar-refractivity contribution in [1.29, 1.82) is 5.41 Å². The van der Waals surface area contributed by atoms with Gasteiger partial charge in [0.05, 0.1) is 12.2 Å². The summed E-state index contributed by atoms with van der Waals surface area (Å²) in [7, 11) is 0. The Balaban J connectivity index is 3.28. The van der Waals surface area contributed by atoms with E-state index < -0.39 is 11.9 Å². The van der Waals surface area contributed by atoms with Crippen LogP contribution in [0.1, 0.15) is 31.0 Å². The standard InChI is InChI=1S/C13H19F3N4O/c1-2-3-6-20(7-8-21)12-9(11(17)18)4-5-10(19-12)13(14,15)16/h4-5,21H,2-3,6-8H2,1H3,(H3,17,18). The molecule has 0 amide bonds. The van der Waals surface area contributed by atoms with Gasteiger partial charge in [0.2, 0.25) is 0 Å². The number of nitrogens with zero attached hydrogens (tertiary/aromatic N) is 2. The van der Waals surface area contributed by atoms with Gasteiger partial charge in [-0.15, -0.1) is 0 Å². The van der Waals surface area contributed by atoms with Gasteiger partial charge in [-0.3, -0.25) is 5.41 Å². The van der Waals surface area contributed by atoms with Gasteiger partial charge in [-0.1, -0.05) is 13.3 Å². The Hall–Kier alpha value is -1.83. The molecule has 8 heteroatoms. The molecule has 0 spiro atoms. The summed E-state index contributed by atoms with van der Waals surface area (Å²) in [5.41, 5.74) is 4.50. The van der Waals surface area contributed by atoms with E-state index in [1.165, 1.54) is 4.90 Å². The highest BCUT2D eigenvalue weighted by molar-refractivity contribution is 5.99. The van der Waals surface area contributed by atoms with Crippen LogP contribution in [-0.2, 0) is 6.18 Å². The van der Waals surface area contributed by atoms with E-state index >= 15 is 0 Å². The number of aliphatic hydroxyl groups excluding tert-OH is 1. The van der Waals surface area contributed by atoms with Gasteiger partial charge >= 0.3 is 6.18 Å². The first-order chi connectivity index (χ1) is 9.81. The van der Waals surface area contributed by atoms with Crippen LogP contribution in [0.3, 0.4) is 0 Å². The number of anilines is 1. The third-order valence-electron chi connectivity index (χ3n) is 2.91. The molecule has 0 aliphatic heterocycles. The van der Waals surface area contributed by atoms with Crippen LogP contribution in [0.25, 0.3) is 0 Å². The summed E-state index contributed by atoms with van der Waals surface area (Å²) >= 11 is 0. The minimum Gasteiger partial charge on any atom is -0.395 e. The molecular weight excluding hydrogens is 285 g/mol. The Morgan fingerprint density at radius 1 is 1.38 bits per heavy atom. The molecule has 5 nitrogen and oxygen atoms in total. The quantitative estimate of drug-likeness (QED) is 0.531. The Morgan fingerprint density at radius 3 is 2.52 bits per heavy atom. The average Bonchev–Trinajstić information content (AvgIpc) is 2.41. The fraction of sp³-hybridized carbons (Fsp3) is 0.538. The zero-order valence-corrected chi connectivity index (χ0v) is 11.7. The first-order valence-corrected chi connectivity index (χ1v) is 6.59. The summed E-state index contributed by atoms with van der Waals surface area (Å²) < 4.78 is 38.4. The van der Waals surface area contributed by atoms with E-state index in [1.807, 2.05) is 6.92 Å². The van der Waals surface area contributed by atoms with E-state index in [2.05, 4.69) is 4.98 Å². The molecule has 0 aliphatic rings. The first-order valence-electron chi connectivity index (χ1n) is 6.59. The van der Waals surface area contributed by atoms with Gasteiger partial charge in [-0.2, -0.15) is 13.2 Å². The summed E-state index contributed by atoms with van der Waals surface area (Å²) in [5, 5.41) is 16.6. The maximum atomic E-state index is 12.8. The number of alkyl halides is 3. The highest BCUT2D eigenvalue weighted by atomic mass is 19.4. The Labute approximate surface area is 121 Å². The Bertz CT molecular complexity index is 491. The van der Waals surface area contributed by atoms with Crippen molar-refractivity contribution in [2.75, 3.05) is 24.6 Å². The van der Waals surface area contributed by atoms with Gasteiger partial charge in [-0.05, 0) is 18.6 Å². The van der Waals surface area contributed by atoms with Crippen molar-refractivity contribution in [3.8, 4) is 0 Å². The highest BCUT2D eigenvalue weighted by Gasteiger charge is 2.33. The molecule has 0 aliphatic carbocycles. The first kappa shape index (κ1) is 17.2. The van der Waals surface area contributed by atoms with Crippen LogP contribution in [-0.4, -0.2) is 35.6 Å². The van der Waals surface area contributed by atoms with Gasteiger partial charge in [0.1, 0.15) is 17.3 Å². The lowest BCUT2D eigenvalue weighted by atomic mass is 10.2. The van der Waals surface area contributed by atoms with Crippen LogP contribution in [0.2, 0.25) is 0 Å².